The molecule has 4 nitrogen and oxygen atoms in total. The van der Waals surface area contributed by atoms with Crippen molar-refractivity contribution >= 4 is 35.5 Å². The maximum atomic E-state index is 12.4. The highest BCUT2D eigenvalue weighted by atomic mass is 35.5. The Hall–Kier alpha value is -2.50. The van der Waals surface area contributed by atoms with Gasteiger partial charge in [0.15, 0.2) is 0 Å². The largest absolute Gasteiger partial charge is 0.318 e. The van der Waals surface area contributed by atoms with E-state index in [0.29, 0.717) is 5.02 Å². The standard InChI is InChI=1S/C24H26ClN3OS/c1-15-6-11-23(16(2)12-15)28-17(3)13-20(18(28)4)14-26-27-24(29)19(5)30-22-9-7-21(25)8-10-22/h6-14,19H,1-5H3,(H,27,29)/b26-14-/t19-/m0/s1. The van der Waals surface area contributed by atoms with Gasteiger partial charge in [-0.1, -0.05) is 29.3 Å². The minimum atomic E-state index is -0.272. The molecule has 3 rings (SSSR count). The van der Waals surface area contributed by atoms with Gasteiger partial charge in [0.25, 0.3) is 5.91 Å². The van der Waals surface area contributed by atoms with Gasteiger partial charge in [0.05, 0.1) is 11.5 Å². The van der Waals surface area contributed by atoms with E-state index in [1.165, 1.54) is 22.9 Å². The molecule has 2 aromatic carbocycles. The minimum absolute atomic E-state index is 0.144. The van der Waals surface area contributed by atoms with Crippen molar-refractivity contribution in [2.24, 2.45) is 5.10 Å². The lowest BCUT2D eigenvalue weighted by Crippen LogP contribution is -2.26. The van der Waals surface area contributed by atoms with Crippen molar-refractivity contribution in [3.8, 4) is 5.69 Å². The number of nitrogens with one attached hydrogen (secondary N) is 1. The average molecular weight is 440 g/mol. The lowest BCUT2D eigenvalue weighted by atomic mass is 10.1. The molecule has 0 aliphatic carbocycles. The third-order valence-electron chi connectivity index (χ3n) is 4.94. The van der Waals surface area contributed by atoms with Crippen LogP contribution in [-0.4, -0.2) is 21.9 Å². The molecule has 1 atom stereocenters. The summed E-state index contributed by atoms with van der Waals surface area (Å²) in [6.07, 6.45) is 1.71. The SMILES string of the molecule is Cc1ccc(-n2c(C)cc(/C=N\NC(=O)[C@H](C)Sc3ccc(Cl)cc3)c2C)c(C)c1. The maximum Gasteiger partial charge on any atom is 0.253 e. The number of carbonyl (C=O) groups excluding carboxylic acids is 1. The summed E-state index contributed by atoms with van der Waals surface area (Å²) >= 11 is 7.38. The van der Waals surface area contributed by atoms with Crippen molar-refractivity contribution in [2.75, 3.05) is 0 Å². The summed E-state index contributed by atoms with van der Waals surface area (Å²) in [7, 11) is 0. The van der Waals surface area contributed by atoms with Gasteiger partial charge in [0.2, 0.25) is 0 Å². The molecule has 1 amide bonds. The smallest absolute Gasteiger partial charge is 0.253 e. The predicted molar refractivity (Wildman–Crippen MR) is 127 cm³/mol. The number of carbonyl (C=O) groups is 1. The third-order valence-corrected chi connectivity index (χ3v) is 6.30. The van der Waals surface area contributed by atoms with Crippen molar-refractivity contribution in [3.05, 3.63) is 81.6 Å². The van der Waals surface area contributed by atoms with E-state index in [2.05, 4.69) is 67.1 Å². The molecule has 1 N–H and O–H groups in total. The Kier molecular flexibility index (Phi) is 7.06. The molecule has 0 saturated heterocycles. The van der Waals surface area contributed by atoms with Gasteiger partial charge in [-0.2, -0.15) is 5.10 Å². The molecule has 0 unspecified atom stereocenters. The molecule has 0 radical (unpaired) electrons. The maximum absolute atomic E-state index is 12.4. The second-order valence-corrected chi connectivity index (χ2v) is 9.25. The van der Waals surface area contributed by atoms with E-state index in [0.717, 1.165) is 27.5 Å². The van der Waals surface area contributed by atoms with Crippen LogP contribution >= 0.6 is 23.4 Å². The molecule has 0 bridgehead atoms. The van der Waals surface area contributed by atoms with Gasteiger partial charge >= 0.3 is 0 Å². The molecule has 0 aliphatic heterocycles. The van der Waals surface area contributed by atoms with Crippen LogP contribution in [0, 0.1) is 27.7 Å². The topological polar surface area (TPSA) is 46.4 Å². The first-order valence-electron chi connectivity index (χ1n) is 9.78. The fourth-order valence-corrected chi connectivity index (χ4v) is 4.36. The second kappa shape index (κ2) is 9.54. The van der Waals surface area contributed by atoms with Crippen LogP contribution in [0.2, 0.25) is 5.02 Å². The van der Waals surface area contributed by atoms with Crippen LogP contribution in [0.25, 0.3) is 5.69 Å². The summed E-state index contributed by atoms with van der Waals surface area (Å²) in [5.41, 5.74) is 9.46. The number of aryl methyl sites for hydroxylation is 3. The van der Waals surface area contributed by atoms with E-state index < -0.39 is 0 Å². The number of hydrogen-bond acceptors (Lipinski definition) is 3. The molecule has 156 valence electrons. The lowest BCUT2D eigenvalue weighted by Gasteiger charge is -2.13. The zero-order valence-electron chi connectivity index (χ0n) is 17.9. The Bertz CT molecular complexity index is 1090. The number of thioether (sulfide) groups is 1. The number of nitrogens with zero attached hydrogens (tertiary/aromatic N) is 2. The van der Waals surface area contributed by atoms with E-state index >= 15 is 0 Å². The molecular weight excluding hydrogens is 414 g/mol. The van der Waals surface area contributed by atoms with E-state index in [1.54, 1.807) is 6.21 Å². The van der Waals surface area contributed by atoms with Gasteiger partial charge in [-0.25, -0.2) is 5.43 Å². The van der Waals surface area contributed by atoms with Crippen LogP contribution < -0.4 is 5.43 Å². The van der Waals surface area contributed by atoms with E-state index in [4.69, 9.17) is 11.6 Å². The fourth-order valence-electron chi connectivity index (χ4n) is 3.37. The quantitative estimate of drug-likeness (QED) is 0.291. The summed E-state index contributed by atoms with van der Waals surface area (Å²) in [5, 5.41) is 4.60. The molecule has 3 aromatic rings. The van der Waals surface area contributed by atoms with Gasteiger partial charge < -0.3 is 4.57 Å². The lowest BCUT2D eigenvalue weighted by molar-refractivity contribution is -0.120. The van der Waals surface area contributed by atoms with Crippen molar-refractivity contribution in [1.29, 1.82) is 0 Å². The van der Waals surface area contributed by atoms with E-state index in [9.17, 15) is 4.79 Å². The average Bonchev–Trinajstić information content (AvgIpc) is 2.97. The van der Waals surface area contributed by atoms with Gasteiger partial charge in [-0.3, -0.25) is 4.79 Å². The number of hydrazone groups is 1. The van der Waals surface area contributed by atoms with Gasteiger partial charge in [-0.05, 0) is 76.6 Å². The van der Waals surface area contributed by atoms with Crippen molar-refractivity contribution in [2.45, 2.75) is 44.8 Å². The van der Waals surface area contributed by atoms with E-state index in [1.807, 2.05) is 31.2 Å². The first-order valence-corrected chi connectivity index (χ1v) is 11.0. The van der Waals surface area contributed by atoms with Gasteiger partial charge in [0, 0.05) is 32.6 Å². The minimum Gasteiger partial charge on any atom is -0.318 e. The number of halogens is 1. The number of rotatable bonds is 6. The summed E-state index contributed by atoms with van der Waals surface area (Å²) in [5.74, 6) is -0.144. The Labute approximate surface area is 187 Å². The number of hydrogen-bond donors (Lipinski definition) is 1. The van der Waals surface area contributed by atoms with E-state index in [-0.39, 0.29) is 11.2 Å². The second-order valence-electron chi connectivity index (χ2n) is 7.40. The number of aromatic nitrogens is 1. The van der Waals surface area contributed by atoms with Crippen molar-refractivity contribution < 1.29 is 4.79 Å². The van der Waals surface area contributed by atoms with Gasteiger partial charge in [0.1, 0.15) is 0 Å². The number of benzene rings is 2. The Morgan fingerprint density at radius 1 is 1.10 bits per heavy atom. The first kappa shape index (κ1) is 22.2. The van der Waals surface area contributed by atoms with Crippen LogP contribution in [0.1, 0.15) is 35.0 Å². The zero-order valence-corrected chi connectivity index (χ0v) is 19.4. The molecular formula is C24H26ClN3OS. The molecule has 0 fully saturated rings. The molecule has 0 spiro atoms. The van der Waals surface area contributed by atoms with Crippen LogP contribution in [0.4, 0.5) is 0 Å². The molecule has 1 aromatic heterocycles. The third kappa shape index (κ3) is 5.15. The summed E-state index contributed by atoms with van der Waals surface area (Å²) in [6, 6.07) is 16.0. The molecule has 0 saturated carbocycles. The van der Waals surface area contributed by atoms with Crippen LogP contribution in [0.3, 0.4) is 0 Å². The Morgan fingerprint density at radius 2 is 1.80 bits per heavy atom. The highest BCUT2D eigenvalue weighted by molar-refractivity contribution is 8.00. The summed E-state index contributed by atoms with van der Waals surface area (Å²) < 4.78 is 2.22. The number of amides is 1. The van der Waals surface area contributed by atoms with Crippen molar-refractivity contribution in [1.82, 2.24) is 9.99 Å². The highest BCUT2D eigenvalue weighted by Gasteiger charge is 2.14. The normalized spacial score (nSPS) is 12.3. The first-order chi connectivity index (χ1) is 14.3. The van der Waals surface area contributed by atoms with Crippen LogP contribution in [-0.2, 0) is 4.79 Å². The molecule has 0 aliphatic rings. The molecule has 30 heavy (non-hydrogen) atoms. The summed E-state index contributed by atoms with van der Waals surface area (Å²) in [4.78, 5) is 13.4. The fraction of sp³-hybridized carbons (Fsp3) is 0.250. The predicted octanol–water partition coefficient (Wildman–Crippen LogP) is 6.00. The van der Waals surface area contributed by atoms with Crippen LogP contribution in [0.15, 0.2) is 58.5 Å². The molecule has 1 heterocycles. The Balaban J connectivity index is 1.69. The van der Waals surface area contributed by atoms with Crippen LogP contribution in [0.5, 0.6) is 0 Å². The van der Waals surface area contributed by atoms with Gasteiger partial charge in [-0.15, -0.1) is 11.8 Å². The van der Waals surface area contributed by atoms with Crippen molar-refractivity contribution in [3.63, 3.8) is 0 Å². The summed E-state index contributed by atoms with van der Waals surface area (Å²) in [6.45, 7) is 10.2. The zero-order chi connectivity index (χ0) is 21.8. The monoisotopic (exact) mass is 439 g/mol. The molecule has 6 heteroatoms. The highest BCUT2D eigenvalue weighted by Crippen LogP contribution is 2.25. The Morgan fingerprint density at radius 3 is 2.47 bits per heavy atom.